The molecule has 2 heterocycles. The first-order chi connectivity index (χ1) is 10.7. The molecule has 0 saturated carbocycles. The normalized spacial score (nSPS) is 23.1. The Morgan fingerprint density at radius 3 is 2.36 bits per heavy atom. The molecule has 1 amide bonds. The topological polar surface area (TPSA) is 52.8 Å². The number of nitrogens with zero attached hydrogens (tertiary/aromatic N) is 3. The third kappa shape index (κ3) is 3.25. The van der Waals surface area contributed by atoms with Gasteiger partial charge < -0.3 is 20.4 Å². The predicted octanol–water partition coefficient (Wildman–Crippen LogP) is 1.00. The number of likely N-dealkylation sites (tertiary alicyclic amines) is 1. The molecule has 0 radical (unpaired) electrons. The minimum atomic E-state index is 0.107. The molecule has 0 aromatic heterocycles. The Balaban J connectivity index is 1.62. The van der Waals surface area contributed by atoms with Gasteiger partial charge in [0, 0.05) is 56.6 Å². The average molecular weight is 302 g/mol. The number of carbonyl (C=O) groups excluding carboxylic acids is 1. The lowest BCUT2D eigenvalue weighted by Crippen LogP contribution is -2.46. The highest BCUT2D eigenvalue weighted by Crippen LogP contribution is 2.19. The molecule has 5 heteroatoms. The van der Waals surface area contributed by atoms with Gasteiger partial charge in [-0.3, -0.25) is 4.79 Å². The Bertz CT molecular complexity index is 508. The largest absolute Gasteiger partial charge is 0.369 e. The molecule has 1 aromatic carbocycles. The summed E-state index contributed by atoms with van der Waals surface area (Å²) in [7, 11) is 0. The van der Waals surface area contributed by atoms with Crippen molar-refractivity contribution in [3.63, 3.8) is 0 Å². The second-order valence-corrected chi connectivity index (χ2v) is 6.27. The Hall–Kier alpha value is -1.59. The van der Waals surface area contributed by atoms with Crippen molar-refractivity contribution in [3.8, 4) is 0 Å². The van der Waals surface area contributed by atoms with E-state index in [1.807, 2.05) is 17.0 Å². The van der Waals surface area contributed by atoms with Crippen LogP contribution in [-0.4, -0.2) is 67.6 Å². The smallest absolute Gasteiger partial charge is 0.253 e. The molecule has 2 aliphatic heterocycles. The van der Waals surface area contributed by atoms with Gasteiger partial charge >= 0.3 is 0 Å². The molecular formula is C17H26N4O. The van der Waals surface area contributed by atoms with Crippen LogP contribution in [0.1, 0.15) is 23.7 Å². The molecule has 1 atom stereocenters. The number of likely N-dealkylation sites (N-methyl/N-ethyl adjacent to an activating group) is 1. The molecule has 1 aromatic rings. The summed E-state index contributed by atoms with van der Waals surface area (Å²) in [5.74, 6) is 0.107. The quantitative estimate of drug-likeness (QED) is 0.905. The second kappa shape index (κ2) is 6.67. The van der Waals surface area contributed by atoms with E-state index >= 15 is 0 Å². The van der Waals surface area contributed by atoms with Crippen LogP contribution in [0.25, 0.3) is 0 Å². The van der Waals surface area contributed by atoms with E-state index in [1.165, 1.54) is 5.69 Å². The summed E-state index contributed by atoms with van der Waals surface area (Å²) in [6, 6.07) is 8.19. The molecule has 120 valence electrons. The third-order valence-corrected chi connectivity index (χ3v) is 4.81. The first kappa shape index (κ1) is 15.3. The first-order valence-corrected chi connectivity index (χ1v) is 8.29. The molecular weight excluding hydrogens is 276 g/mol. The zero-order valence-corrected chi connectivity index (χ0v) is 13.4. The molecule has 2 fully saturated rings. The van der Waals surface area contributed by atoms with Crippen molar-refractivity contribution < 1.29 is 4.79 Å². The Kier molecular flexibility index (Phi) is 4.64. The summed E-state index contributed by atoms with van der Waals surface area (Å²) in [5.41, 5.74) is 7.86. The van der Waals surface area contributed by atoms with Crippen LogP contribution >= 0.6 is 0 Å². The van der Waals surface area contributed by atoms with Crippen LogP contribution < -0.4 is 10.6 Å². The van der Waals surface area contributed by atoms with Crippen molar-refractivity contribution in [3.05, 3.63) is 29.8 Å². The first-order valence-electron chi connectivity index (χ1n) is 8.29. The number of piperazine rings is 1. The summed E-state index contributed by atoms with van der Waals surface area (Å²) >= 11 is 0. The minimum absolute atomic E-state index is 0.107. The van der Waals surface area contributed by atoms with Gasteiger partial charge in [-0.25, -0.2) is 0 Å². The van der Waals surface area contributed by atoms with Crippen LogP contribution in [0, 0.1) is 0 Å². The van der Waals surface area contributed by atoms with Gasteiger partial charge in [0.15, 0.2) is 0 Å². The number of nitrogens with two attached hydrogens (primary N) is 1. The Morgan fingerprint density at radius 2 is 1.82 bits per heavy atom. The van der Waals surface area contributed by atoms with Gasteiger partial charge in [-0.05, 0) is 37.2 Å². The van der Waals surface area contributed by atoms with Crippen molar-refractivity contribution >= 4 is 11.6 Å². The Labute approximate surface area is 132 Å². The maximum absolute atomic E-state index is 12.4. The number of carbonyl (C=O) groups is 1. The van der Waals surface area contributed by atoms with E-state index in [9.17, 15) is 4.79 Å². The fraction of sp³-hybridized carbons (Fsp3) is 0.588. The van der Waals surface area contributed by atoms with Crippen LogP contribution in [0.2, 0.25) is 0 Å². The summed E-state index contributed by atoms with van der Waals surface area (Å²) in [5, 5.41) is 0. The lowest BCUT2D eigenvalue weighted by atomic mass is 10.1. The van der Waals surface area contributed by atoms with E-state index in [4.69, 9.17) is 5.73 Å². The zero-order valence-electron chi connectivity index (χ0n) is 13.4. The zero-order chi connectivity index (χ0) is 15.5. The molecule has 0 spiro atoms. The minimum Gasteiger partial charge on any atom is -0.369 e. The highest BCUT2D eigenvalue weighted by Gasteiger charge is 2.24. The van der Waals surface area contributed by atoms with Gasteiger partial charge in [-0.15, -0.1) is 0 Å². The Morgan fingerprint density at radius 1 is 1.14 bits per heavy atom. The number of hydrogen-bond donors (Lipinski definition) is 1. The van der Waals surface area contributed by atoms with E-state index < -0.39 is 0 Å². The van der Waals surface area contributed by atoms with Gasteiger partial charge in [0.2, 0.25) is 0 Å². The number of amides is 1. The van der Waals surface area contributed by atoms with Crippen molar-refractivity contribution in [1.29, 1.82) is 0 Å². The number of hydrogen-bond acceptors (Lipinski definition) is 4. The molecule has 2 saturated heterocycles. The molecule has 0 bridgehead atoms. The maximum atomic E-state index is 12.4. The molecule has 1 unspecified atom stereocenters. The van der Waals surface area contributed by atoms with Gasteiger partial charge in [-0.2, -0.15) is 0 Å². The number of rotatable bonds is 3. The molecule has 22 heavy (non-hydrogen) atoms. The van der Waals surface area contributed by atoms with E-state index in [-0.39, 0.29) is 11.9 Å². The summed E-state index contributed by atoms with van der Waals surface area (Å²) < 4.78 is 0. The van der Waals surface area contributed by atoms with Crippen LogP contribution in [0.5, 0.6) is 0 Å². The average Bonchev–Trinajstić information content (AvgIpc) is 3.01. The standard InChI is InChI=1S/C17H26N4O/c1-2-19-9-11-20(12-10-19)16-5-3-14(4-6-16)17(22)21-8-7-15(18)13-21/h3-6,15H,2,7-13,18H2,1H3. The van der Waals surface area contributed by atoms with Gasteiger partial charge in [0.25, 0.3) is 5.91 Å². The number of benzene rings is 1. The van der Waals surface area contributed by atoms with Gasteiger partial charge in [0.05, 0.1) is 0 Å². The van der Waals surface area contributed by atoms with E-state index in [0.717, 1.165) is 51.3 Å². The van der Waals surface area contributed by atoms with Crippen molar-refractivity contribution in [1.82, 2.24) is 9.80 Å². The summed E-state index contributed by atoms with van der Waals surface area (Å²) in [6.45, 7) is 9.13. The molecule has 3 rings (SSSR count). The molecule has 0 aliphatic carbocycles. The van der Waals surface area contributed by atoms with Crippen LogP contribution in [0.3, 0.4) is 0 Å². The molecule has 2 N–H and O–H groups in total. The number of anilines is 1. The maximum Gasteiger partial charge on any atom is 0.253 e. The van der Waals surface area contributed by atoms with Gasteiger partial charge in [-0.1, -0.05) is 6.92 Å². The molecule has 5 nitrogen and oxygen atoms in total. The SMILES string of the molecule is CCN1CCN(c2ccc(C(=O)N3CCC(N)C3)cc2)CC1. The molecule has 2 aliphatic rings. The fourth-order valence-electron chi connectivity index (χ4n) is 3.29. The van der Waals surface area contributed by atoms with E-state index in [0.29, 0.717) is 6.54 Å². The van der Waals surface area contributed by atoms with E-state index in [2.05, 4.69) is 28.9 Å². The third-order valence-electron chi connectivity index (χ3n) is 4.81. The highest BCUT2D eigenvalue weighted by atomic mass is 16.2. The summed E-state index contributed by atoms with van der Waals surface area (Å²) in [4.78, 5) is 19.1. The van der Waals surface area contributed by atoms with Crippen LogP contribution in [0.4, 0.5) is 5.69 Å². The van der Waals surface area contributed by atoms with E-state index in [1.54, 1.807) is 0 Å². The second-order valence-electron chi connectivity index (χ2n) is 6.27. The monoisotopic (exact) mass is 302 g/mol. The van der Waals surface area contributed by atoms with Crippen molar-refractivity contribution in [2.75, 3.05) is 50.7 Å². The van der Waals surface area contributed by atoms with Crippen LogP contribution in [-0.2, 0) is 0 Å². The lowest BCUT2D eigenvalue weighted by molar-refractivity contribution is 0.0791. The van der Waals surface area contributed by atoms with Crippen molar-refractivity contribution in [2.45, 2.75) is 19.4 Å². The highest BCUT2D eigenvalue weighted by molar-refractivity contribution is 5.94. The van der Waals surface area contributed by atoms with Gasteiger partial charge in [0.1, 0.15) is 0 Å². The fourth-order valence-corrected chi connectivity index (χ4v) is 3.29. The predicted molar refractivity (Wildman–Crippen MR) is 89.3 cm³/mol. The lowest BCUT2D eigenvalue weighted by Gasteiger charge is -2.35. The summed E-state index contributed by atoms with van der Waals surface area (Å²) in [6.07, 6.45) is 0.908. The van der Waals surface area contributed by atoms with Crippen LogP contribution in [0.15, 0.2) is 24.3 Å². The van der Waals surface area contributed by atoms with Crippen molar-refractivity contribution in [2.24, 2.45) is 5.73 Å².